The zero-order valence-electron chi connectivity index (χ0n) is 18.0. The van der Waals surface area contributed by atoms with Crippen LogP contribution in [0.3, 0.4) is 0 Å². The Hall–Kier alpha value is -4.33. The van der Waals surface area contributed by atoms with Gasteiger partial charge in [0.05, 0.1) is 34.6 Å². The van der Waals surface area contributed by atoms with Gasteiger partial charge in [0, 0.05) is 54.9 Å². The number of nitrogens with two attached hydrogens (primary N) is 1. The van der Waals surface area contributed by atoms with Crippen LogP contribution in [-0.2, 0) is 0 Å². The second-order valence-electron chi connectivity index (χ2n) is 7.22. The highest BCUT2D eigenvalue weighted by Gasteiger charge is 2.14. The summed E-state index contributed by atoms with van der Waals surface area (Å²) >= 11 is 0. The van der Waals surface area contributed by atoms with Crippen molar-refractivity contribution in [3.8, 4) is 11.4 Å². The van der Waals surface area contributed by atoms with Gasteiger partial charge >= 0.3 is 0 Å². The van der Waals surface area contributed by atoms with Gasteiger partial charge in [-0.25, -0.2) is 4.98 Å². The number of anilines is 1. The number of allylic oxidation sites excluding steroid dienone is 1. The quantitative estimate of drug-likeness (QED) is 0.322. The Bertz CT molecular complexity index is 1330. The van der Waals surface area contributed by atoms with E-state index in [4.69, 9.17) is 11.1 Å². The summed E-state index contributed by atoms with van der Waals surface area (Å²) in [5.41, 5.74) is 11.1. The zero-order valence-corrected chi connectivity index (χ0v) is 18.0. The minimum Gasteiger partial charge on any atom is -0.393 e. The van der Waals surface area contributed by atoms with E-state index >= 15 is 0 Å². The number of primary amides is 1. The maximum Gasteiger partial charge on any atom is 0.248 e. The van der Waals surface area contributed by atoms with Gasteiger partial charge in [-0.3, -0.25) is 4.79 Å². The van der Waals surface area contributed by atoms with Gasteiger partial charge in [0.15, 0.2) is 0 Å². The van der Waals surface area contributed by atoms with E-state index in [-0.39, 0.29) is 0 Å². The molecular weight excluding hydrogens is 402 g/mol. The molecule has 162 valence electrons. The van der Waals surface area contributed by atoms with Crippen LogP contribution in [0.5, 0.6) is 0 Å². The number of amides is 1. The molecule has 0 radical (unpaired) electrons. The number of fused-ring (bicyclic) bond motifs is 1. The van der Waals surface area contributed by atoms with Crippen LogP contribution in [0.15, 0.2) is 67.4 Å². The van der Waals surface area contributed by atoms with E-state index in [1.807, 2.05) is 42.1 Å². The fourth-order valence-electron chi connectivity index (χ4n) is 3.77. The Kier molecular flexibility index (Phi) is 5.76. The second kappa shape index (κ2) is 8.81. The van der Waals surface area contributed by atoms with Crippen molar-refractivity contribution in [2.24, 2.45) is 5.73 Å². The Morgan fingerprint density at radius 3 is 2.78 bits per heavy atom. The van der Waals surface area contributed by atoms with Crippen molar-refractivity contribution in [1.82, 2.24) is 19.4 Å². The van der Waals surface area contributed by atoms with E-state index in [0.717, 1.165) is 28.0 Å². The minimum atomic E-state index is -0.456. The van der Waals surface area contributed by atoms with Crippen molar-refractivity contribution in [3.63, 3.8) is 0 Å². The van der Waals surface area contributed by atoms with E-state index in [1.165, 1.54) is 6.21 Å². The number of imidazole rings is 1. The SMILES string of the molecule is CCNc1cc(C(N)=O)ccc1-n1ccc2c(-n3cnc(/C(C=N)=C/NC)c3)cccc21. The van der Waals surface area contributed by atoms with Crippen molar-refractivity contribution in [1.29, 1.82) is 5.41 Å². The lowest BCUT2D eigenvalue weighted by Gasteiger charge is -2.14. The maximum absolute atomic E-state index is 11.6. The highest BCUT2D eigenvalue weighted by molar-refractivity contribution is 6.07. The molecular formula is C24H25N7O. The van der Waals surface area contributed by atoms with Crippen LogP contribution in [0.25, 0.3) is 27.9 Å². The van der Waals surface area contributed by atoms with Crippen LogP contribution in [-0.4, -0.2) is 39.8 Å². The molecule has 0 saturated heterocycles. The molecule has 5 N–H and O–H groups in total. The van der Waals surface area contributed by atoms with Crippen LogP contribution in [0.2, 0.25) is 0 Å². The maximum atomic E-state index is 11.6. The van der Waals surface area contributed by atoms with Gasteiger partial charge in [0.2, 0.25) is 5.91 Å². The highest BCUT2D eigenvalue weighted by Crippen LogP contribution is 2.30. The normalized spacial score (nSPS) is 11.5. The van der Waals surface area contributed by atoms with E-state index < -0.39 is 5.91 Å². The van der Waals surface area contributed by atoms with Crippen molar-refractivity contribution < 1.29 is 4.79 Å². The van der Waals surface area contributed by atoms with Crippen molar-refractivity contribution in [2.45, 2.75) is 6.92 Å². The summed E-state index contributed by atoms with van der Waals surface area (Å²) in [5, 5.41) is 14.9. The number of hydrogen-bond acceptors (Lipinski definition) is 5. The molecule has 1 amide bonds. The molecule has 0 spiro atoms. The molecule has 0 aliphatic carbocycles. The van der Waals surface area contributed by atoms with Crippen molar-refractivity contribution in [2.75, 3.05) is 18.9 Å². The van der Waals surface area contributed by atoms with Gasteiger partial charge in [-0.1, -0.05) is 6.07 Å². The Morgan fingerprint density at radius 1 is 1.22 bits per heavy atom. The smallest absolute Gasteiger partial charge is 0.248 e. The van der Waals surface area contributed by atoms with E-state index in [1.54, 1.807) is 31.7 Å². The van der Waals surface area contributed by atoms with Crippen LogP contribution in [0.4, 0.5) is 5.69 Å². The summed E-state index contributed by atoms with van der Waals surface area (Å²) in [5.74, 6) is -0.456. The lowest BCUT2D eigenvalue weighted by Crippen LogP contribution is -2.12. The first kappa shape index (κ1) is 20.9. The standard InChI is InChI=1S/C24H25N7O/c1-3-28-19-11-16(24(26)32)7-8-23(19)31-10-9-18-21(5-4-6-22(18)31)30-14-20(29-15-30)17(12-25)13-27-2/h4-15,25,27-28H,3H2,1-2H3,(H2,26,32)/b17-13+,25-12?. The van der Waals surface area contributed by atoms with E-state index in [0.29, 0.717) is 23.4 Å². The number of carbonyl (C=O) groups is 1. The first-order chi connectivity index (χ1) is 15.6. The van der Waals surface area contributed by atoms with Crippen LogP contribution < -0.4 is 16.4 Å². The molecule has 2 aromatic heterocycles. The number of carbonyl (C=O) groups excluding carboxylic acids is 1. The number of nitrogens with one attached hydrogen (secondary N) is 3. The van der Waals surface area contributed by atoms with Crippen LogP contribution in [0, 0.1) is 5.41 Å². The summed E-state index contributed by atoms with van der Waals surface area (Å²) in [7, 11) is 1.79. The Balaban J connectivity index is 1.82. The molecule has 8 nitrogen and oxygen atoms in total. The Morgan fingerprint density at radius 2 is 2.06 bits per heavy atom. The van der Waals surface area contributed by atoms with Gasteiger partial charge in [-0.2, -0.15) is 0 Å². The van der Waals surface area contributed by atoms with E-state index in [2.05, 4.69) is 32.3 Å². The number of aromatic nitrogens is 3. The molecule has 0 saturated carbocycles. The molecule has 32 heavy (non-hydrogen) atoms. The van der Waals surface area contributed by atoms with Crippen molar-refractivity contribution in [3.05, 3.63) is 78.6 Å². The largest absolute Gasteiger partial charge is 0.393 e. The third-order valence-corrected chi connectivity index (χ3v) is 5.23. The molecule has 2 heterocycles. The van der Waals surface area contributed by atoms with Gasteiger partial charge in [-0.05, 0) is 43.3 Å². The van der Waals surface area contributed by atoms with Crippen LogP contribution >= 0.6 is 0 Å². The van der Waals surface area contributed by atoms with Gasteiger partial charge < -0.3 is 30.9 Å². The molecule has 0 atom stereocenters. The molecule has 0 aliphatic heterocycles. The lowest BCUT2D eigenvalue weighted by atomic mass is 10.1. The number of nitrogens with zero attached hydrogens (tertiary/aromatic N) is 3. The average Bonchev–Trinajstić information content (AvgIpc) is 3.45. The molecule has 0 bridgehead atoms. The monoisotopic (exact) mass is 427 g/mol. The minimum absolute atomic E-state index is 0.456. The predicted molar refractivity (Wildman–Crippen MR) is 129 cm³/mol. The fourth-order valence-corrected chi connectivity index (χ4v) is 3.77. The highest BCUT2D eigenvalue weighted by atomic mass is 16.1. The molecule has 2 aromatic carbocycles. The summed E-state index contributed by atoms with van der Waals surface area (Å²) < 4.78 is 4.04. The average molecular weight is 428 g/mol. The van der Waals surface area contributed by atoms with Crippen LogP contribution in [0.1, 0.15) is 23.0 Å². The number of benzene rings is 2. The summed E-state index contributed by atoms with van der Waals surface area (Å²) in [6, 6.07) is 13.6. The number of hydrogen-bond donors (Lipinski definition) is 4. The Labute approximate surface area is 185 Å². The fraction of sp³-hybridized carbons (Fsp3) is 0.125. The molecule has 0 aliphatic rings. The molecule has 0 fully saturated rings. The molecule has 4 rings (SSSR count). The first-order valence-corrected chi connectivity index (χ1v) is 10.3. The topological polar surface area (TPSA) is 114 Å². The lowest BCUT2D eigenvalue weighted by molar-refractivity contribution is 0.100. The van der Waals surface area contributed by atoms with Crippen molar-refractivity contribution >= 4 is 34.3 Å². The third-order valence-electron chi connectivity index (χ3n) is 5.23. The zero-order chi connectivity index (χ0) is 22.7. The molecule has 4 aromatic rings. The van der Waals surface area contributed by atoms with E-state index in [9.17, 15) is 4.79 Å². The second-order valence-corrected chi connectivity index (χ2v) is 7.22. The number of rotatable bonds is 8. The van der Waals surface area contributed by atoms with Gasteiger partial charge in [-0.15, -0.1) is 0 Å². The third kappa shape index (κ3) is 3.74. The summed E-state index contributed by atoms with van der Waals surface area (Å²) in [4.78, 5) is 16.1. The predicted octanol–water partition coefficient (Wildman–Crippen LogP) is 3.56. The molecule has 8 heteroatoms. The van der Waals surface area contributed by atoms with Gasteiger partial charge in [0.25, 0.3) is 0 Å². The molecule has 0 unspecified atom stereocenters. The first-order valence-electron chi connectivity index (χ1n) is 10.3. The van der Waals surface area contributed by atoms with Gasteiger partial charge in [0.1, 0.15) is 0 Å². The summed E-state index contributed by atoms with van der Waals surface area (Å²) in [6.45, 7) is 2.72. The summed E-state index contributed by atoms with van der Waals surface area (Å²) in [6.07, 6.45) is 8.69.